The third-order valence-corrected chi connectivity index (χ3v) is 1.84. The highest BCUT2D eigenvalue weighted by Gasteiger charge is 2.34. The molecular weight excluding hydrogens is 225 g/mol. The Bertz CT molecular complexity index is 404. The highest BCUT2D eigenvalue weighted by atomic mass is 19.4. The largest absolute Gasteiger partial charge is 0.469 e. The van der Waals surface area contributed by atoms with Crippen molar-refractivity contribution >= 4 is 11.8 Å². The monoisotopic (exact) mass is 234 g/mol. The summed E-state index contributed by atoms with van der Waals surface area (Å²) in [5.41, 5.74) is 3.85. The van der Waals surface area contributed by atoms with E-state index in [0.29, 0.717) is 0 Å². The highest BCUT2D eigenvalue weighted by Crippen LogP contribution is 2.31. The number of anilines is 1. The molecule has 1 aromatic rings. The molecule has 0 unspecified atom stereocenters. The van der Waals surface area contributed by atoms with Gasteiger partial charge in [0.05, 0.1) is 24.8 Å². The van der Waals surface area contributed by atoms with Crippen LogP contribution < -0.4 is 5.73 Å². The maximum absolute atomic E-state index is 12.5. The maximum Gasteiger partial charge on any atom is 0.418 e. The number of halogens is 3. The predicted molar refractivity (Wildman–Crippen MR) is 49.4 cm³/mol. The van der Waals surface area contributed by atoms with Gasteiger partial charge in [-0.15, -0.1) is 0 Å². The quantitative estimate of drug-likeness (QED) is 0.785. The van der Waals surface area contributed by atoms with Crippen LogP contribution in [0.5, 0.6) is 0 Å². The molecule has 0 saturated heterocycles. The number of rotatable bonds is 2. The number of esters is 1. The summed E-state index contributed by atoms with van der Waals surface area (Å²) in [5.74, 6) is -0.879. The van der Waals surface area contributed by atoms with E-state index in [1.165, 1.54) is 0 Å². The van der Waals surface area contributed by atoms with Crippen LogP contribution in [-0.4, -0.2) is 18.1 Å². The van der Waals surface area contributed by atoms with E-state index in [0.717, 1.165) is 19.2 Å². The first kappa shape index (κ1) is 12.3. The van der Waals surface area contributed by atoms with Gasteiger partial charge in [-0.05, 0) is 12.1 Å². The minimum absolute atomic E-state index is 0.0769. The SMILES string of the molecule is COC(=O)Cc1nc(N)ccc1C(F)(F)F. The molecule has 1 heterocycles. The lowest BCUT2D eigenvalue weighted by atomic mass is 10.1. The number of aromatic nitrogens is 1. The Labute approximate surface area is 89.2 Å². The number of carbonyl (C=O) groups is 1. The Balaban J connectivity index is 3.13. The first-order chi connectivity index (χ1) is 7.34. The van der Waals surface area contributed by atoms with Gasteiger partial charge in [0.15, 0.2) is 0 Å². The number of alkyl halides is 3. The molecule has 0 amide bonds. The predicted octanol–water partition coefficient (Wildman–Crippen LogP) is 1.40. The van der Waals surface area contributed by atoms with E-state index < -0.39 is 29.8 Å². The number of nitrogens with zero attached hydrogens (tertiary/aromatic N) is 1. The molecule has 0 atom stereocenters. The van der Waals surface area contributed by atoms with Gasteiger partial charge in [0.1, 0.15) is 5.82 Å². The molecule has 7 heteroatoms. The lowest BCUT2D eigenvalue weighted by molar-refractivity contribution is -0.141. The van der Waals surface area contributed by atoms with Crippen LogP contribution in [0.3, 0.4) is 0 Å². The Kier molecular flexibility index (Phi) is 3.36. The van der Waals surface area contributed by atoms with Crippen molar-refractivity contribution in [3.05, 3.63) is 23.4 Å². The number of ether oxygens (including phenoxy) is 1. The number of nitrogen functional groups attached to an aromatic ring is 1. The van der Waals surface area contributed by atoms with Crippen LogP contribution in [0.15, 0.2) is 12.1 Å². The fourth-order valence-electron chi connectivity index (χ4n) is 1.12. The van der Waals surface area contributed by atoms with Gasteiger partial charge in [0, 0.05) is 0 Å². The summed E-state index contributed by atoms with van der Waals surface area (Å²) in [4.78, 5) is 14.4. The molecule has 0 saturated carbocycles. The van der Waals surface area contributed by atoms with Crippen LogP contribution in [0.25, 0.3) is 0 Å². The second-order valence-corrected chi connectivity index (χ2v) is 2.98. The standard InChI is InChI=1S/C9H9F3N2O2/c1-16-8(15)4-6-5(9(10,11)12)2-3-7(13)14-6/h2-3H,4H2,1H3,(H2,13,14). The van der Waals surface area contributed by atoms with Gasteiger partial charge in [0.2, 0.25) is 0 Å². The molecule has 1 aromatic heterocycles. The molecule has 2 N–H and O–H groups in total. The second-order valence-electron chi connectivity index (χ2n) is 2.98. The first-order valence-corrected chi connectivity index (χ1v) is 4.24. The van der Waals surface area contributed by atoms with Crippen LogP contribution >= 0.6 is 0 Å². The number of methoxy groups -OCH3 is 1. The summed E-state index contributed by atoms with van der Waals surface area (Å²) in [5, 5.41) is 0. The summed E-state index contributed by atoms with van der Waals surface area (Å²) in [6.45, 7) is 0. The first-order valence-electron chi connectivity index (χ1n) is 4.24. The van der Waals surface area contributed by atoms with Crippen molar-refractivity contribution in [1.29, 1.82) is 0 Å². The Morgan fingerprint density at radius 3 is 2.62 bits per heavy atom. The molecule has 4 nitrogen and oxygen atoms in total. The summed E-state index contributed by atoms with van der Waals surface area (Å²) in [6.07, 6.45) is -5.12. The van der Waals surface area contributed by atoms with Crippen LogP contribution in [-0.2, 0) is 22.1 Å². The zero-order valence-corrected chi connectivity index (χ0v) is 8.34. The number of nitrogens with two attached hydrogens (primary N) is 1. The van der Waals surface area contributed by atoms with Crippen molar-refractivity contribution in [1.82, 2.24) is 4.98 Å². The van der Waals surface area contributed by atoms with Crippen molar-refractivity contribution in [2.24, 2.45) is 0 Å². The van der Waals surface area contributed by atoms with Crippen LogP contribution in [0, 0.1) is 0 Å². The normalized spacial score (nSPS) is 11.2. The Hall–Kier alpha value is -1.79. The highest BCUT2D eigenvalue weighted by molar-refractivity contribution is 5.72. The topological polar surface area (TPSA) is 65.2 Å². The van der Waals surface area contributed by atoms with Gasteiger partial charge < -0.3 is 10.5 Å². The van der Waals surface area contributed by atoms with E-state index in [2.05, 4.69) is 9.72 Å². The van der Waals surface area contributed by atoms with Crippen LogP contribution in [0.4, 0.5) is 19.0 Å². The molecule has 1 rings (SSSR count). The third kappa shape index (κ3) is 2.85. The van der Waals surface area contributed by atoms with E-state index in [4.69, 9.17) is 5.73 Å². The smallest absolute Gasteiger partial charge is 0.418 e. The lowest BCUT2D eigenvalue weighted by Crippen LogP contribution is -2.15. The average Bonchev–Trinajstić information content (AvgIpc) is 2.15. The second kappa shape index (κ2) is 4.38. The van der Waals surface area contributed by atoms with Gasteiger partial charge in [-0.25, -0.2) is 4.98 Å². The molecule has 0 aliphatic carbocycles. The minimum Gasteiger partial charge on any atom is -0.469 e. The van der Waals surface area contributed by atoms with Crippen molar-refractivity contribution in [3.63, 3.8) is 0 Å². The summed E-state index contributed by atoms with van der Waals surface area (Å²) < 4.78 is 41.8. The van der Waals surface area contributed by atoms with Crippen molar-refractivity contribution < 1.29 is 22.7 Å². The average molecular weight is 234 g/mol. The summed E-state index contributed by atoms with van der Waals surface area (Å²) in [6, 6.07) is 1.82. The number of carbonyl (C=O) groups excluding carboxylic acids is 1. The number of hydrogen-bond acceptors (Lipinski definition) is 4. The van der Waals surface area contributed by atoms with E-state index in [1.54, 1.807) is 0 Å². The van der Waals surface area contributed by atoms with E-state index >= 15 is 0 Å². The fourth-order valence-corrected chi connectivity index (χ4v) is 1.12. The van der Waals surface area contributed by atoms with Crippen LogP contribution in [0.1, 0.15) is 11.3 Å². The summed E-state index contributed by atoms with van der Waals surface area (Å²) in [7, 11) is 1.09. The Morgan fingerprint density at radius 2 is 2.12 bits per heavy atom. The van der Waals surface area contributed by atoms with Crippen molar-refractivity contribution in [2.45, 2.75) is 12.6 Å². The zero-order chi connectivity index (χ0) is 12.3. The van der Waals surface area contributed by atoms with Gasteiger partial charge in [0.25, 0.3) is 0 Å². The molecule has 0 spiro atoms. The van der Waals surface area contributed by atoms with Crippen molar-refractivity contribution in [2.75, 3.05) is 12.8 Å². The molecule has 0 aliphatic rings. The zero-order valence-electron chi connectivity index (χ0n) is 8.34. The van der Waals surface area contributed by atoms with Gasteiger partial charge in [-0.3, -0.25) is 4.79 Å². The summed E-state index contributed by atoms with van der Waals surface area (Å²) >= 11 is 0. The fraction of sp³-hybridized carbons (Fsp3) is 0.333. The van der Waals surface area contributed by atoms with Gasteiger partial charge in [-0.2, -0.15) is 13.2 Å². The molecule has 0 fully saturated rings. The molecule has 0 aliphatic heterocycles. The van der Waals surface area contributed by atoms with E-state index in [-0.39, 0.29) is 5.82 Å². The maximum atomic E-state index is 12.5. The molecule has 0 bridgehead atoms. The minimum atomic E-state index is -4.57. The van der Waals surface area contributed by atoms with Crippen LogP contribution in [0.2, 0.25) is 0 Å². The molecule has 0 aromatic carbocycles. The number of pyridine rings is 1. The van der Waals surface area contributed by atoms with E-state index in [9.17, 15) is 18.0 Å². The van der Waals surface area contributed by atoms with Gasteiger partial charge >= 0.3 is 12.1 Å². The van der Waals surface area contributed by atoms with Gasteiger partial charge in [-0.1, -0.05) is 0 Å². The molecule has 16 heavy (non-hydrogen) atoms. The van der Waals surface area contributed by atoms with E-state index in [1.807, 2.05) is 0 Å². The lowest BCUT2D eigenvalue weighted by Gasteiger charge is -2.11. The molecule has 0 radical (unpaired) electrons. The third-order valence-electron chi connectivity index (χ3n) is 1.84. The molecular formula is C9H9F3N2O2. The number of hydrogen-bond donors (Lipinski definition) is 1. The molecule has 88 valence electrons. The van der Waals surface area contributed by atoms with Crippen molar-refractivity contribution in [3.8, 4) is 0 Å². The Morgan fingerprint density at radius 1 is 1.50 bits per heavy atom.